The molecule has 0 aliphatic rings. The maximum Gasteiger partial charge on any atom is 0.335 e. The average molecular weight is 258 g/mol. The second-order valence-corrected chi connectivity index (χ2v) is 5.32. The smallest absolute Gasteiger partial charge is 0.335 e. The van der Waals surface area contributed by atoms with Crippen LogP contribution in [0.1, 0.15) is 21.5 Å². The van der Waals surface area contributed by atoms with Gasteiger partial charge in [0.1, 0.15) is 0 Å². The lowest BCUT2D eigenvalue weighted by Gasteiger charge is -2.07. The fraction of sp³-hybridized carbons (Fsp3) is 0.133. The first-order valence-electron chi connectivity index (χ1n) is 5.65. The van der Waals surface area contributed by atoms with E-state index in [2.05, 4.69) is 32.0 Å². The molecule has 0 radical (unpaired) electrons. The van der Waals surface area contributed by atoms with E-state index < -0.39 is 5.97 Å². The van der Waals surface area contributed by atoms with Gasteiger partial charge in [0.2, 0.25) is 0 Å². The number of carbonyl (C=O) groups is 1. The highest BCUT2D eigenvalue weighted by Crippen LogP contribution is 2.31. The largest absolute Gasteiger partial charge is 0.478 e. The van der Waals surface area contributed by atoms with Gasteiger partial charge >= 0.3 is 5.97 Å². The summed E-state index contributed by atoms with van der Waals surface area (Å²) in [6, 6.07) is 13.3. The molecule has 0 aliphatic heterocycles. The normalized spacial score (nSPS) is 10.3. The third-order valence-electron chi connectivity index (χ3n) is 2.64. The molecule has 92 valence electrons. The second-order valence-electron chi connectivity index (χ2n) is 4.20. The fourth-order valence-corrected chi connectivity index (χ4v) is 2.68. The highest BCUT2D eigenvalue weighted by Gasteiger charge is 2.05. The highest BCUT2D eigenvalue weighted by molar-refractivity contribution is 7.99. The van der Waals surface area contributed by atoms with Crippen molar-refractivity contribution in [3.05, 3.63) is 59.2 Å². The number of benzene rings is 2. The lowest BCUT2D eigenvalue weighted by molar-refractivity contribution is 0.0696. The molecule has 0 saturated carbocycles. The van der Waals surface area contributed by atoms with Gasteiger partial charge in [-0.15, -0.1) is 0 Å². The van der Waals surface area contributed by atoms with Crippen molar-refractivity contribution in [2.75, 3.05) is 0 Å². The summed E-state index contributed by atoms with van der Waals surface area (Å²) in [5.41, 5.74) is 2.77. The predicted octanol–water partition coefficient (Wildman–Crippen LogP) is 4.15. The molecule has 2 rings (SSSR count). The zero-order valence-electron chi connectivity index (χ0n) is 10.3. The molecule has 0 atom stereocenters. The van der Waals surface area contributed by atoms with Gasteiger partial charge in [-0.3, -0.25) is 0 Å². The van der Waals surface area contributed by atoms with Gasteiger partial charge in [-0.2, -0.15) is 0 Å². The van der Waals surface area contributed by atoms with Crippen LogP contribution in [-0.4, -0.2) is 11.1 Å². The van der Waals surface area contributed by atoms with E-state index in [4.69, 9.17) is 5.11 Å². The molecule has 2 nitrogen and oxygen atoms in total. The number of carboxylic acids is 1. The number of rotatable bonds is 3. The minimum Gasteiger partial charge on any atom is -0.478 e. The van der Waals surface area contributed by atoms with Gasteiger partial charge in [0, 0.05) is 9.79 Å². The Bertz CT molecular complexity index is 591. The van der Waals surface area contributed by atoms with E-state index in [1.807, 2.05) is 6.07 Å². The maximum atomic E-state index is 10.9. The molecule has 2 aromatic rings. The third kappa shape index (κ3) is 2.93. The Kier molecular flexibility index (Phi) is 3.72. The van der Waals surface area contributed by atoms with Crippen LogP contribution in [0.2, 0.25) is 0 Å². The van der Waals surface area contributed by atoms with E-state index in [0.29, 0.717) is 5.56 Å². The predicted molar refractivity (Wildman–Crippen MR) is 73.4 cm³/mol. The molecule has 1 N–H and O–H groups in total. The van der Waals surface area contributed by atoms with Crippen LogP contribution < -0.4 is 0 Å². The van der Waals surface area contributed by atoms with Crippen molar-refractivity contribution >= 4 is 17.7 Å². The minimum atomic E-state index is -0.891. The molecular weight excluding hydrogens is 244 g/mol. The lowest BCUT2D eigenvalue weighted by atomic mass is 10.2. The molecule has 3 heteroatoms. The standard InChI is InChI=1S/C15H14O2S/c1-10-6-7-14(11(2)8-10)18-13-5-3-4-12(9-13)15(16)17/h3-9H,1-2H3,(H,16,17). The molecule has 0 aliphatic carbocycles. The summed E-state index contributed by atoms with van der Waals surface area (Å²) in [6.45, 7) is 4.13. The van der Waals surface area contributed by atoms with Crippen molar-refractivity contribution in [3.8, 4) is 0 Å². The Morgan fingerprint density at radius 3 is 2.56 bits per heavy atom. The SMILES string of the molecule is Cc1ccc(Sc2cccc(C(=O)O)c2)c(C)c1. The van der Waals surface area contributed by atoms with Crippen molar-refractivity contribution in [2.24, 2.45) is 0 Å². The van der Waals surface area contributed by atoms with Gasteiger partial charge in [0.25, 0.3) is 0 Å². The van der Waals surface area contributed by atoms with E-state index in [0.717, 1.165) is 9.79 Å². The molecule has 0 fully saturated rings. The van der Waals surface area contributed by atoms with Crippen LogP contribution in [-0.2, 0) is 0 Å². The monoisotopic (exact) mass is 258 g/mol. The molecule has 0 heterocycles. The Morgan fingerprint density at radius 2 is 1.89 bits per heavy atom. The van der Waals surface area contributed by atoms with Crippen molar-refractivity contribution in [3.63, 3.8) is 0 Å². The maximum absolute atomic E-state index is 10.9. The summed E-state index contributed by atoms with van der Waals surface area (Å²) >= 11 is 1.59. The summed E-state index contributed by atoms with van der Waals surface area (Å²) in [4.78, 5) is 13.0. The second kappa shape index (κ2) is 5.27. The van der Waals surface area contributed by atoms with E-state index in [9.17, 15) is 4.79 Å². The van der Waals surface area contributed by atoms with E-state index >= 15 is 0 Å². The first-order valence-corrected chi connectivity index (χ1v) is 6.46. The molecule has 0 unspecified atom stereocenters. The minimum absolute atomic E-state index is 0.324. The summed E-state index contributed by atoms with van der Waals surface area (Å²) in [7, 11) is 0. The van der Waals surface area contributed by atoms with Gasteiger partial charge in [-0.05, 0) is 43.7 Å². The van der Waals surface area contributed by atoms with Crippen LogP contribution in [0.4, 0.5) is 0 Å². The van der Waals surface area contributed by atoms with Crippen molar-refractivity contribution in [1.29, 1.82) is 0 Å². The lowest BCUT2D eigenvalue weighted by Crippen LogP contribution is -1.95. The quantitative estimate of drug-likeness (QED) is 0.898. The number of aromatic carboxylic acids is 1. The number of hydrogen-bond donors (Lipinski definition) is 1. The third-order valence-corrected chi connectivity index (χ3v) is 3.81. The van der Waals surface area contributed by atoms with Crippen LogP contribution in [0.3, 0.4) is 0 Å². The van der Waals surface area contributed by atoms with Crippen LogP contribution in [0, 0.1) is 13.8 Å². The summed E-state index contributed by atoms with van der Waals surface area (Å²) in [5, 5.41) is 8.96. The molecule has 18 heavy (non-hydrogen) atoms. The van der Waals surface area contributed by atoms with Crippen LogP contribution in [0.25, 0.3) is 0 Å². The first kappa shape index (κ1) is 12.7. The molecule has 0 aromatic heterocycles. The van der Waals surface area contributed by atoms with Gasteiger partial charge in [0.05, 0.1) is 5.56 Å². The van der Waals surface area contributed by atoms with Crippen molar-refractivity contribution < 1.29 is 9.90 Å². The highest BCUT2D eigenvalue weighted by atomic mass is 32.2. The zero-order chi connectivity index (χ0) is 13.1. The number of carboxylic acid groups (broad SMARTS) is 1. The summed E-state index contributed by atoms with van der Waals surface area (Å²) in [6.07, 6.45) is 0. The number of aryl methyl sites for hydroxylation is 2. The van der Waals surface area contributed by atoms with Gasteiger partial charge in [-0.1, -0.05) is 35.5 Å². The Hall–Kier alpha value is -1.74. The number of hydrogen-bond acceptors (Lipinski definition) is 2. The molecule has 0 saturated heterocycles. The van der Waals surface area contributed by atoms with Crippen LogP contribution in [0.5, 0.6) is 0 Å². The molecule has 0 spiro atoms. The van der Waals surface area contributed by atoms with Gasteiger partial charge < -0.3 is 5.11 Å². The van der Waals surface area contributed by atoms with Crippen molar-refractivity contribution in [2.45, 2.75) is 23.6 Å². The Balaban J connectivity index is 2.28. The summed E-state index contributed by atoms with van der Waals surface area (Å²) in [5.74, 6) is -0.891. The van der Waals surface area contributed by atoms with Crippen LogP contribution in [0.15, 0.2) is 52.3 Å². The molecular formula is C15H14O2S. The van der Waals surface area contributed by atoms with Gasteiger partial charge in [0.15, 0.2) is 0 Å². The molecule has 0 amide bonds. The molecule has 2 aromatic carbocycles. The fourth-order valence-electron chi connectivity index (χ4n) is 1.73. The first-order chi connectivity index (χ1) is 8.56. The average Bonchev–Trinajstić information content (AvgIpc) is 2.33. The Labute approximate surface area is 111 Å². The van der Waals surface area contributed by atoms with E-state index in [1.165, 1.54) is 11.1 Å². The van der Waals surface area contributed by atoms with E-state index in [1.54, 1.807) is 30.0 Å². The van der Waals surface area contributed by atoms with E-state index in [-0.39, 0.29) is 0 Å². The van der Waals surface area contributed by atoms with Gasteiger partial charge in [-0.25, -0.2) is 4.79 Å². The molecule has 0 bridgehead atoms. The van der Waals surface area contributed by atoms with Crippen LogP contribution >= 0.6 is 11.8 Å². The Morgan fingerprint density at radius 1 is 1.11 bits per heavy atom. The summed E-state index contributed by atoms with van der Waals surface area (Å²) < 4.78 is 0. The van der Waals surface area contributed by atoms with Crippen molar-refractivity contribution in [1.82, 2.24) is 0 Å². The zero-order valence-corrected chi connectivity index (χ0v) is 11.1. The topological polar surface area (TPSA) is 37.3 Å².